The molecule has 1 fully saturated rings. The Kier molecular flexibility index (Phi) is 4.90. The molecule has 1 saturated heterocycles. The van der Waals surface area contributed by atoms with Gasteiger partial charge >= 0.3 is 18.0 Å². The molecule has 4 N–H and O–H groups in total. The lowest BCUT2D eigenvalue weighted by atomic mass is 10.1. The first-order chi connectivity index (χ1) is 8.40. The monoisotopic (exact) mass is 260 g/mol. The third kappa shape index (κ3) is 4.21. The molecule has 2 unspecified atom stereocenters. The number of carbonyl (C=O) groups excluding carboxylic acids is 1. The van der Waals surface area contributed by atoms with Gasteiger partial charge in [0.25, 0.3) is 0 Å². The van der Waals surface area contributed by atoms with Crippen LogP contribution < -0.4 is 10.6 Å². The minimum atomic E-state index is -1.44. The SMILES string of the molecule is CC1OCCC1NC(=O)N[C@H](CC(=O)O)C(=O)O. The summed E-state index contributed by atoms with van der Waals surface area (Å²) in [6.07, 6.45) is -0.163. The Hall–Kier alpha value is -1.83. The number of rotatable bonds is 5. The minimum absolute atomic E-state index is 0.140. The highest BCUT2D eigenvalue weighted by atomic mass is 16.5. The maximum Gasteiger partial charge on any atom is 0.326 e. The summed E-state index contributed by atoms with van der Waals surface area (Å²) in [5, 5.41) is 21.9. The van der Waals surface area contributed by atoms with Crippen LogP contribution in [0.2, 0.25) is 0 Å². The summed E-state index contributed by atoms with van der Waals surface area (Å²) in [6.45, 7) is 2.33. The molecule has 1 rings (SSSR count). The highest BCUT2D eigenvalue weighted by Crippen LogP contribution is 2.12. The summed E-state index contributed by atoms with van der Waals surface area (Å²) in [6, 6.07) is -2.34. The summed E-state index contributed by atoms with van der Waals surface area (Å²) in [7, 11) is 0. The van der Waals surface area contributed by atoms with Gasteiger partial charge in [0.2, 0.25) is 0 Å². The summed E-state index contributed by atoms with van der Waals surface area (Å²) in [5.41, 5.74) is 0. The van der Waals surface area contributed by atoms with E-state index in [0.717, 1.165) is 0 Å². The Morgan fingerprint density at radius 3 is 2.50 bits per heavy atom. The van der Waals surface area contributed by atoms with Gasteiger partial charge in [0.1, 0.15) is 6.04 Å². The number of aliphatic carboxylic acids is 2. The number of hydrogen-bond donors (Lipinski definition) is 4. The zero-order valence-corrected chi connectivity index (χ0v) is 9.88. The largest absolute Gasteiger partial charge is 0.481 e. The lowest BCUT2D eigenvalue weighted by Gasteiger charge is -2.18. The summed E-state index contributed by atoms with van der Waals surface area (Å²) < 4.78 is 5.23. The molecular formula is C10H16N2O6. The molecule has 1 aliphatic heterocycles. The Morgan fingerprint density at radius 1 is 1.39 bits per heavy atom. The second-order valence-corrected chi connectivity index (χ2v) is 4.08. The van der Waals surface area contributed by atoms with Gasteiger partial charge in [0, 0.05) is 6.61 Å². The van der Waals surface area contributed by atoms with E-state index < -0.39 is 30.4 Å². The highest BCUT2D eigenvalue weighted by molar-refractivity contribution is 5.86. The van der Waals surface area contributed by atoms with Crippen LogP contribution in [0.4, 0.5) is 4.79 Å². The van der Waals surface area contributed by atoms with Crippen LogP contribution in [-0.2, 0) is 14.3 Å². The van der Waals surface area contributed by atoms with E-state index in [1.54, 1.807) is 6.92 Å². The minimum Gasteiger partial charge on any atom is -0.481 e. The summed E-state index contributed by atoms with van der Waals surface area (Å²) in [4.78, 5) is 32.7. The topological polar surface area (TPSA) is 125 Å². The number of carboxylic acids is 2. The molecule has 8 heteroatoms. The predicted molar refractivity (Wildman–Crippen MR) is 59.2 cm³/mol. The van der Waals surface area contributed by atoms with E-state index in [-0.39, 0.29) is 12.1 Å². The smallest absolute Gasteiger partial charge is 0.326 e. The summed E-state index contributed by atoms with van der Waals surface area (Å²) >= 11 is 0. The molecule has 0 aromatic rings. The van der Waals surface area contributed by atoms with Crippen LogP contribution in [0, 0.1) is 0 Å². The fourth-order valence-electron chi connectivity index (χ4n) is 1.66. The number of carboxylic acid groups (broad SMARTS) is 2. The number of urea groups is 1. The van der Waals surface area contributed by atoms with Crippen molar-refractivity contribution in [3.63, 3.8) is 0 Å². The van der Waals surface area contributed by atoms with Gasteiger partial charge in [-0.1, -0.05) is 0 Å². The van der Waals surface area contributed by atoms with Gasteiger partial charge in [0.05, 0.1) is 18.6 Å². The average molecular weight is 260 g/mol. The Balaban J connectivity index is 2.45. The molecule has 8 nitrogen and oxygen atoms in total. The maximum atomic E-state index is 11.5. The van der Waals surface area contributed by atoms with Crippen LogP contribution in [0.3, 0.4) is 0 Å². The van der Waals surface area contributed by atoms with E-state index in [9.17, 15) is 14.4 Å². The van der Waals surface area contributed by atoms with E-state index in [1.807, 2.05) is 0 Å². The van der Waals surface area contributed by atoms with E-state index >= 15 is 0 Å². The Bertz CT molecular complexity index is 345. The number of carbonyl (C=O) groups is 3. The van der Waals surface area contributed by atoms with Crippen molar-refractivity contribution in [1.82, 2.24) is 10.6 Å². The first kappa shape index (κ1) is 14.2. The molecule has 3 atom stereocenters. The average Bonchev–Trinajstić information content (AvgIpc) is 2.62. The molecule has 102 valence electrons. The van der Waals surface area contributed by atoms with Crippen molar-refractivity contribution in [1.29, 1.82) is 0 Å². The fraction of sp³-hybridized carbons (Fsp3) is 0.700. The molecule has 0 saturated carbocycles. The van der Waals surface area contributed by atoms with Crippen molar-refractivity contribution in [2.75, 3.05) is 6.61 Å². The quantitative estimate of drug-likeness (QED) is 0.522. The van der Waals surface area contributed by atoms with Crippen LogP contribution in [0.1, 0.15) is 19.8 Å². The van der Waals surface area contributed by atoms with Crippen molar-refractivity contribution in [2.45, 2.75) is 38.0 Å². The van der Waals surface area contributed by atoms with Crippen LogP contribution in [-0.4, -0.2) is 53.0 Å². The van der Waals surface area contributed by atoms with Crippen LogP contribution in [0.15, 0.2) is 0 Å². The third-order valence-electron chi connectivity index (χ3n) is 2.67. The zero-order chi connectivity index (χ0) is 13.7. The molecule has 18 heavy (non-hydrogen) atoms. The summed E-state index contributed by atoms with van der Waals surface area (Å²) in [5.74, 6) is -2.68. The van der Waals surface area contributed by atoms with Crippen LogP contribution in [0.5, 0.6) is 0 Å². The van der Waals surface area contributed by atoms with Gasteiger partial charge in [0.15, 0.2) is 0 Å². The second kappa shape index (κ2) is 6.20. The molecule has 0 bridgehead atoms. The van der Waals surface area contributed by atoms with Gasteiger partial charge in [-0.3, -0.25) is 4.79 Å². The Labute approximate surface area is 103 Å². The van der Waals surface area contributed by atoms with E-state index in [4.69, 9.17) is 14.9 Å². The van der Waals surface area contributed by atoms with Gasteiger partial charge in [-0.05, 0) is 13.3 Å². The van der Waals surface area contributed by atoms with Crippen molar-refractivity contribution in [3.8, 4) is 0 Å². The fourth-order valence-corrected chi connectivity index (χ4v) is 1.66. The second-order valence-electron chi connectivity index (χ2n) is 4.08. The van der Waals surface area contributed by atoms with E-state index in [0.29, 0.717) is 13.0 Å². The molecule has 0 spiro atoms. The standard InChI is InChI=1S/C10H16N2O6/c1-5-6(2-3-18-5)11-10(17)12-7(9(15)16)4-8(13)14/h5-7H,2-4H2,1H3,(H,13,14)(H,15,16)(H2,11,12,17)/t5?,6?,7-/m1/s1. The van der Waals surface area contributed by atoms with Crippen LogP contribution in [0.25, 0.3) is 0 Å². The number of nitrogens with one attached hydrogen (secondary N) is 2. The number of amides is 2. The zero-order valence-electron chi connectivity index (χ0n) is 9.88. The molecule has 1 aliphatic rings. The van der Waals surface area contributed by atoms with Crippen molar-refractivity contribution in [2.24, 2.45) is 0 Å². The molecule has 0 aromatic heterocycles. The van der Waals surface area contributed by atoms with Gasteiger partial charge < -0.3 is 25.6 Å². The molecular weight excluding hydrogens is 244 g/mol. The van der Waals surface area contributed by atoms with Gasteiger partial charge in [-0.2, -0.15) is 0 Å². The Morgan fingerprint density at radius 2 is 2.06 bits per heavy atom. The third-order valence-corrected chi connectivity index (χ3v) is 2.67. The predicted octanol–water partition coefficient (Wildman–Crippen LogP) is -0.609. The molecule has 1 heterocycles. The van der Waals surface area contributed by atoms with Crippen molar-refractivity contribution >= 4 is 18.0 Å². The van der Waals surface area contributed by atoms with Crippen molar-refractivity contribution < 1.29 is 29.3 Å². The molecule has 2 amide bonds. The lowest BCUT2D eigenvalue weighted by Crippen LogP contribution is -2.51. The first-order valence-corrected chi connectivity index (χ1v) is 5.53. The molecule has 0 radical (unpaired) electrons. The van der Waals surface area contributed by atoms with E-state index in [1.165, 1.54) is 0 Å². The molecule has 0 aliphatic carbocycles. The van der Waals surface area contributed by atoms with Crippen LogP contribution >= 0.6 is 0 Å². The molecule has 0 aromatic carbocycles. The van der Waals surface area contributed by atoms with Crippen molar-refractivity contribution in [3.05, 3.63) is 0 Å². The van der Waals surface area contributed by atoms with E-state index in [2.05, 4.69) is 10.6 Å². The van der Waals surface area contributed by atoms with Gasteiger partial charge in [-0.15, -0.1) is 0 Å². The highest BCUT2D eigenvalue weighted by Gasteiger charge is 2.28. The number of hydrogen-bond acceptors (Lipinski definition) is 4. The number of ether oxygens (including phenoxy) is 1. The maximum absolute atomic E-state index is 11.5. The lowest BCUT2D eigenvalue weighted by molar-refractivity contribution is -0.145. The normalized spacial score (nSPS) is 24.3. The first-order valence-electron chi connectivity index (χ1n) is 5.53. The van der Waals surface area contributed by atoms with Gasteiger partial charge in [-0.25, -0.2) is 9.59 Å².